The van der Waals surface area contributed by atoms with Crippen molar-refractivity contribution in [3.05, 3.63) is 87.6 Å². The fourth-order valence-corrected chi connectivity index (χ4v) is 5.37. The van der Waals surface area contributed by atoms with Gasteiger partial charge in [0.05, 0.1) is 23.7 Å². The van der Waals surface area contributed by atoms with Gasteiger partial charge in [0, 0.05) is 30.6 Å². The van der Waals surface area contributed by atoms with E-state index in [9.17, 15) is 4.79 Å². The number of hydrogen-bond donors (Lipinski definition) is 0. The number of rotatable bonds is 7. The van der Waals surface area contributed by atoms with Gasteiger partial charge in [0.2, 0.25) is 5.91 Å². The van der Waals surface area contributed by atoms with E-state index in [1.165, 1.54) is 11.1 Å². The van der Waals surface area contributed by atoms with Crippen LogP contribution in [0.3, 0.4) is 0 Å². The molecule has 4 aromatic rings. The predicted molar refractivity (Wildman–Crippen MR) is 139 cm³/mol. The van der Waals surface area contributed by atoms with Crippen LogP contribution in [0.2, 0.25) is 0 Å². The van der Waals surface area contributed by atoms with Gasteiger partial charge in [-0.05, 0) is 78.4 Å². The number of benzene rings is 2. The third-order valence-electron chi connectivity index (χ3n) is 6.55. The molecule has 5 rings (SSSR count). The van der Waals surface area contributed by atoms with E-state index in [-0.39, 0.29) is 12.0 Å². The number of pyridine rings is 1. The maximum atomic E-state index is 13.5. The summed E-state index contributed by atoms with van der Waals surface area (Å²) >= 11 is 1.63. The van der Waals surface area contributed by atoms with Gasteiger partial charge in [-0.15, -0.1) is 0 Å². The number of hydrogen-bond acceptors (Lipinski definition) is 4. The molecule has 0 unspecified atom stereocenters. The van der Waals surface area contributed by atoms with Crippen molar-refractivity contribution in [3.63, 3.8) is 0 Å². The van der Waals surface area contributed by atoms with Gasteiger partial charge >= 0.3 is 0 Å². The van der Waals surface area contributed by atoms with Crippen LogP contribution in [0.15, 0.2) is 65.4 Å². The average Bonchev–Trinajstić information content (AvgIpc) is 3.53. The van der Waals surface area contributed by atoms with Gasteiger partial charge in [-0.1, -0.05) is 35.9 Å². The Bertz CT molecular complexity index is 1290. The maximum Gasteiger partial charge on any atom is 0.227 e. The molecule has 1 aliphatic rings. The van der Waals surface area contributed by atoms with Crippen LogP contribution in [0.4, 0.5) is 0 Å². The molecule has 1 fully saturated rings. The molecule has 4 nitrogen and oxygen atoms in total. The Labute approximate surface area is 205 Å². The summed E-state index contributed by atoms with van der Waals surface area (Å²) < 4.78 is 5.92. The molecule has 34 heavy (non-hydrogen) atoms. The van der Waals surface area contributed by atoms with Gasteiger partial charge in [0.1, 0.15) is 0 Å². The highest BCUT2D eigenvalue weighted by Crippen LogP contribution is 2.30. The second kappa shape index (κ2) is 10.1. The average molecular weight is 471 g/mol. The summed E-state index contributed by atoms with van der Waals surface area (Å²) in [7, 11) is 0. The van der Waals surface area contributed by atoms with Gasteiger partial charge < -0.3 is 9.64 Å². The smallest absolute Gasteiger partial charge is 0.227 e. The second-order valence-electron chi connectivity index (χ2n) is 9.22. The topological polar surface area (TPSA) is 42.4 Å². The minimum atomic E-state index is 0.101. The highest BCUT2D eigenvalue weighted by Gasteiger charge is 2.24. The highest BCUT2D eigenvalue weighted by atomic mass is 32.1. The number of amides is 1. The van der Waals surface area contributed by atoms with E-state index in [1.54, 1.807) is 11.3 Å². The molecular weight excluding hydrogens is 440 g/mol. The fourth-order valence-electron chi connectivity index (χ4n) is 4.71. The zero-order chi connectivity index (χ0) is 23.5. The first-order chi connectivity index (χ1) is 16.6. The summed E-state index contributed by atoms with van der Waals surface area (Å²) in [6.45, 7) is 6.13. The molecule has 2 aromatic heterocycles. The third-order valence-corrected chi connectivity index (χ3v) is 7.28. The van der Waals surface area contributed by atoms with Crippen molar-refractivity contribution in [2.75, 3.05) is 13.2 Å². The molecular formula is C29H30N2O2S. The van der Waals surface area contributed by atoms with Gasteiger partial charge in [0.25, 0.3) is 0 Å². The van der Waals surface area contributed by atoms with Crippen LogP contribution in [0.25, 0.3) is 22.2 Å². The Balaban J connectivity index is 1.55. The van der Waals surface area contributed by atoms with Crippen LogP contribution < -0.4 is 0 Å². The zero-order valence-electron chi connectivity index (χ0n) is 19.8. The molecule has 1 aliphatic heterocycles. The lowest BCUT2D eigenvalue weighted by atomic mass is 9.98. The van der Waals surface area contributed by atoms with Gasteiger partial charge in [0.15, 0.2) is 0 Å². The molecule has 0 aliphatic carbocycles. The highest BCUT2D eigenvalue weighted by molar-refractivity contribution is 7.08. The number of nitrogens with zero attached hydrogens (tertiary/aromatic N) is 2. The lowest BCUT2D eigenvalue weighted by Gasteiger charge is -2.27. The third kappa shape index (κ3) is 5.06. The minimum absolute atomic E-state index is 0.101. The van der Waals surface area contributed by atoms with Crippen molar-refractivity contribution < 1.29 is 9.53 Å². The summed E-state index contributed by atoms with van der Waals surface area (Å²) in [6, 6.07) is 19.0. The van der Waals surface area contributed by atoms with Gasteiger partial charge in [-0.2, -0.15) is 11.3 Å². The number of carbonyl (C=O) groups is 1. The van der Waals surface area contributed by atoms with Crippen LogP contribution in [0, 0.1) is 13.8 Å². The standard InChI is InChI=1S/C29H30N2O2S/c1-20-9-10-27-23(14-20)16-24(29(30-27)26-8-4-3-6-21(26)2)17-31(18-25-7-5-12-33-25)28(32)15-22-11-13-34-19-22/h3-4,6,8-11,13-14,16,19,25H,5,7,12,15,17-18H2,1-2H3/t25-/m0/s1. The molecule has 5 heteroatoms. The number of carbonyl (C=O) groups excluding carboxylic acids is 1. The zero-order valence-corrected chi connectivity index (χ0v) is 20.6. The van der Waals surface area contributed by atoms with Crippen LogP contribution in [-0.2, 0) is 22.5 Å². The molecule has 1 amide bonds. The van der Waals surface area contributed by atoms with Crippen LogP contribution in [-0.4, -0.2) is 35.0 Å². The quantitative estimate of drug-likeness (QED) is 0.317. The number of aryl methyl sites for hydroxylation is 2. The predicted octanol–water partition coefficient (Wildman–Crippen LogP) is 6.33. The van der Waals surface area contributed by atoms with E-state index < -0.39 is 0 Å². The van der Waals surface area contributed by atoms with E-state index in [4.69, 9.17) is 9.72 Å². The van der Waals surface area contributed by atoms with Crippen molar-refractivity contribution in [2.24, 2.45) is 0 Å². The molecule has 1 saturated heterocycles. The van der Waals surface area contributed by atoms with Crippen molar-refractivity contribution in [3.8, 4) is 11.3 Å². The Morgan fingerprint density at radius 1 is 1.15 bits per heavy atom. The Morgan fingerprint density at radius 3 is 2.79 bits per heavy atom. The number of thiophene rings is 1. The molecule has 1 atom stereocenters. The molecule has 0 radical (unpaired) electrons. The van der Waals surface area contributed by atoms with E-state index in [0.29, 0.717) is 19.5 Å². The molecule has 2 aromatic carbocycles. The van der Waals surface area contributed by atoms with Gasteiger partial charge in [-0.3, -0.25) is 4.79 Å². The number of ether oxygens (including phenoxy) is 1. The van der Waals surface area contributed by atoms with Crippen molar-refractivity contribution in [1.82, 2.24) is 9.88 Å². The molecule has 0 bridgehead atoms. The first-order valence-corrected chi connectivity index (χ1v) is 12.9. The first kappa shape index (κ1) is 22.8. The van der Waals surface area contributed by atoms with Crippen molar-refractivity contribution in [1.29, 1.82) is 0 Å². The maximum absolute atomic E-state index is 13.5. The summed E-state index contributed by atoms with van der Waals surface area (Å²) in [4.78, 5) is 20.6. The fraction of sp³-hybridized carbons (Fsp3) is 0.310. The lowest BCUT2D eigenvalue weighted by Crippen LogP contribution is -2.38. The van der Waals surface area contributed by atoms with Crippen LogP contribution in [0.1, 0.15) is 35.1 Å². The van der Waals surface area contributed by atoms with Crippen LogP contribution in [0.5, 0.6) is 0 Å². The lowest BCUT2D eigenvalue weighted by molar-refractivity contribution is -0.132. The van der Waals surface area contributed by atoms with E-state index >= 15 is 0 Å². The summed E-state index contributed by atoms with van der Waals surface area (Å²) in [5.74, 6) is 0.133. The normalized spacial score (nSPS) is 15.6. The SMILES string of the molecule is Cc1ccc2nc(-c3ccccc3C)c(CN(C[C@@H]3CCCO3)C(=O)Cc3ccsc3)cc2c1. The Hall–Kier alpha value is -3.02. The van der Waals surface area contributed by atoms with Crippen LogP contribution >= 0.6 is 11.3 Å². The molecule has 3 heterocycles. The number of fused-ring (bicyclic) bond motifs is 1. The first-order valence-electron chi connectivity index (χ1n) is 11.9. The molecule has 0 saturated carbocycles. The van der Waals surface area contributed by atoms with E-state index in [1.807, 2.05) is 16.3 Å². The second-order valence-corrected chi connectivity index (χ2v) is 10.0. The minimum Gasteiger partial charge on any atom is -0.376 e. The number of aromatic nitrogens is 1. The Morgan fingerprint density at radius 2 is 2.03 bits per heavy atom. The largest absolute Gasteiger partial charge is 0.376 e. The monoisotopic (exact) mass is 470 g/mol. The molecule has 0 spiro atoms. The van der Waals surface area contributed by atoms with E-state index in [2.05, 4.69) is 67.8 Å². The van der Waals surface area contributed by atoms with Gasteiger partial charge in [-0.25, -0.2) is 4.98 Å². The molecule has 174 valence electrons. The Kier molecular flexibility index (Phi) is 6.75. The molecule has 0 N–H and O–H groups in total. The summed E-state index contributed by atoms with van der Waals surface area (Å²) in [5.41, 5.74) is 7.56. The van der Waals surface area contributed by atoms with Crippen molar-refractivity contribution in [2.45, 2.75) is 45.8 Å². The summed E-state index contributed by atoms with van der Waals surface area (Å²) in [5, 5.41) is 5.19. The van der Waals surface area contributed by atoms with E-state index in [0.717, 1.165) is 52.7 Å². The van der Waals surface area contributed by atoms with Crippen molar-refractivity contribution >= 4 is 28.1 Å². The summed E-state index contributed by atoms with van der Waals surface area (Å²) in [6.07, 6.45) is 2.57.